The summed E-state index contributed by atoms with van der Waals surface area (Å²) in [5.41, 5.74) is 1.13. The third-order valence-electron chi connectivity index (χ3n) is 2.19. The molecule has 4 nitrogen and oxygen atoms in total. The molecule has 1 aromatic carbocycles. The molecular formula is C14H16O4. The normalized spacial score (nSPS) is 11.4. The van der Waals surface area contributed by atoms with Gasteiger partial charge in [0.05, 0.1) is 0 Å². The molecule has 0 spiro atoms. The van der Waals surface area contributed by atoms with Crippen molar-refractivity contribution in [3.05, 3.63) is 48.0 Å². The second kappa shape index (κ2) is 6.59. The lowest BCUT2D eigenvalue weighted by atomic mass is 10.2. The first-order chi connectivity index (χ1) is 8.50. The highest BCUT2D eigenvalue weighted by Crippen LogP contribution is 2.04. The molecule has 0 bridgehead atoms. The number of ether oxygens (including phenoxy) is 2. The van der Waals surface area contributed by atoms with Crippen molar-refractivity contribution in [1.29, 1.82) is 0 Å². The molecule has 0 amide bonds. The van der Waals surface area contributed by atoms with Crippen LogP contribution >= 0.6 is 0 Å². The lowest BCUT2D eigenvalue weighted by Crippen LogP contribution is -2.26. The topological polar surface area (TPSA) is 52.6 Å². The van der Waals surface area contributed by atoms with Gasteiger partial charge in [0.15, 0.2) is 6.10 Å². The molecule has 18 heavy (non-hydrogen) atoms. The maximum Gasteiger partial charge on any atom is 0.347 e. The highest BCUT2D eigenvalue weighted by Gasteiger charge is 2.19. The molecule has 0 N–H and O–H groups in total. The molecule has 0 aliphatic heterocycles. The van der Waals surface area contributed by atoms with Gasteiger partial charge in [-0.25, -0.2) is 9.59 Å². The van der Waals surface area contributed by atoms with E-state index in [2.05, 4.69) is 6.58 Å². The molecule has 1 atom stereocenters. The summed E-state index contributed by atoms with van der Waals surface area (Å²) < 4.78 is 9.87. The number of hydrogen-bond acceptors (Lipinski definition) is 4. The Morgan fingerprint density at radius 1 is 1.28 bits per heavy atom. The fourth-order valence-corrected chi connectivity index (χ4v) is 1.16. The summed E-state index contributed by atoms with van der Waals surface area (Å²) in [4.78, 5) is 22.7. The minimum atomic E-state index is -0.932. The Hall–Kier alpha value is -2.10. The van der Waals surface area contributed by atoms with Crippen molar-refractivity contribution in [2.45, 2.75) is 26.6 Å². The Kier molecular flexibility index (Phi) is 5.11. The first kappa shape index (κ1) is 14.0. The Balaban J connectivity index is 2.41. The summed E-state index contributed by atoms with van der Waals surface area (Å²) in [5.74, 6) is -1.17. The Morgan fingerprint density at radius 2 is 1.89 bits per heavy atom. The molecule has 0 aliphatic carbocycles. The molecule has 96 valence electrons. The van der Waals surface area contributed by atoms with Crippen molar-refractivity contribution < 1.29 is 19.1 Å². The summed E-state index contributed by atoms with van der Waals surface area (Å²) in [7, 11) is 0. The summed E-state index contributed by atoms with van der Waals surface area (Å²) in [5, 5.41) is 0. The fourth-order valence-electron chi connectivity index (χ4n) is 1.16. The maximum absolute atomic E-state index is 11.5. The van der Waals surface area contributed by atoms with E-state index >= 15 is 0 Å². The van der Waals surface area contributed by atoms with Crippen LogP contribution in [0.15, 0.2) is 42.5 Å². The third kappa shape index (κ3) is 4.41. The fraction of sp³-hybridized carbons (Fsp3) is 0.286. The van der Waals surface area contributed by atoms with Crippen molar-refractivity contribution in [2.75, 3.05) is 0 Å². The second-order valence-electron chi connectivity index (χ2n) is 3.92. The number of hydrogen-bond donors (Lipinski definition) is 0. The van der Waals surface area contributed by atoms with Gasteiger partial charge in [-0.15, -0.1) is 0 Å². The number of carbonyl (C=O) groups excluding carboxylic acids is 2. The van der Waals surface area contributed by atoms with Crippen molar-refractivity contribution in [3.63, 3.8) is 0 Å². The minimum absolute atomic E-state index is 0.161. The van der Waals surface area contributed by atoms with Crippen molar-refractivity contribution in [1.82, 2.24) is 0 Å². The molecule has 0 saturated carbocycles. The summed E-state index contributed by atoms with van der Waals surface area (Å²) in [6, 6.07) is 9.28. The molecule has 1 unspecified atom stereocenters. The average Bonchev–Trinajstić information content (AvgIpc) is 2.36. The molecule has 0 aromatic heterocycles. The quantitative estimate of drug-likeness (QED) is 0.592. The van der Waals surface area contributed by atoms with E-state index in [1.165, 1.54) is 13.8 Å². The maximum atomic E-state index is 11.5. The zero-order valence-corrected chi connectivity index (χ0v) is 10.5. The lowest BCUT2D eigenvalue weighted by Gasteiger charge is -2.12. The van der Waals surface area contributed by atoms with Gasteiger partial charge in [0, 0.05) is 5.57 Å². The van der Waals surface area contributed by atoms with Crippen LogP contribution < -0.4 is 0 Å². The molecular weight excluding hydrogens is 232 g/mol. The number of benzene rings is 1. The Labute approximate surface area is 106 Å². The number of carbonyl (C=O) groups is 2. The van der Waals surface area contributed by atoms with E-state index in [0.29, 0.717) is 0 Å². The van der Waals surface area contributed by atoms with Gasteiger partial charge in [0.25, 0.3) is 0 Å². The lowest BCUT2D eigenvalue weighted by molar-refractivity contribution is -0.165. The van der Waals surface area contributed by atoms with Crippen LogP contribution in [0.3, 0.4) is 0 Å². The highest BCUT2D eigenvalue weighted by molar-refractivity contribution is 5.89. The Morgan fingerprint density at radius 3 is 2.44 bits per heavy atom. The SMILES string of the molecule is C=C(C)C(=O)OC(C)C(=O)OCc1ccccc1. The van der Waals surface area contributed by atoms with E-state index < -0.39 is 18.0 Å². The van der Waals surface area contributed by atoms with E-state index in [9.17, 15) is 9.59 Å². The van der Waals surface area contributed by atoms with Crippen LogP contribution in [0.2, 0.25) is 0 Å². The standard InChI is InChI=1S/C14H16O4/c1-10(2)13(15)18-11(3)14(16)17-9-12-7-5-4-6-8-12/h4-8,11H,1,9H2,2-3H3. The zero-order valence-electron chi connectivity index (χ0n) is 10.5. The van der Waals surface area contributed by atoms with Gasteiger partial charge in [-0.05, 0) is 19.4 Å². The highest BCUT2D eigenvalue weighted by atomic mass is 16.6. The molecule has 1 aromatic rings. The van der Waals surface area contributed by atoms with Gasteiger partial charge >= 0.3 is 11.9 Å². The zero-order chi connectivity index (χ0) is 13.5. The van der Waals surface area contributed by atoms with E-state index in [4.69, 9.17) is 9.47 Å². The van der Waals surface area contributed by atoms with E-state index in [1.807, 2.05) is 30.3 Å². The molecule has 4 heteroatoms. The van der Waals surface area contributed by atoms with Crippen molar-refractivity contribution >= 4 is 11.9 Å². The number of esters is 2. The predicted octanol–water partition coefficient (Wildman–Crippen LogP) is 2.24. The van der Waals surface area contributed by atoms with Crippen molar-refractivity contribution in [2.24, 2.45) is 0 Å². The van der Waals surface area contributed by atoms with Gasteiger partial charge < -0.3 is 9.47 Å². The molecule has 0 aliphatic rings. The van der Waals surface area contributed by atoms with E-state index in [1.54, 1.807) is 0 Å². The molecule has 0 radical (unpaired) electrons. The van der Waals surface area contributed by atoms with Gasteiger partial charge in [0.1, 0.15) is 6.61 Å². The van der Waals surface area contributed by atoms with Crippen LogP contribution in [-0.4, -0.2) is 18.0 Å². The van der Waals surface area contributed by atoms with Gasteiger partial charge in [-0.3, -0.25) is 0 Å². The van der Waals surface area contributed by atoms with Crippen LogP contribution in [0.25, 0.3) is 0 Å². The minimum Gasteiger partial charge on any atom is -0.458 e. The van der Waals surface area contributed by atoms with Gasteiger partial charge in [-0.2, -0.15) is 0 Å². The molecule has 1 rings (SSSR count). The largest absolute Gasteiger partial charge is 0.458 e. The van der Waals surface area contributed by atoms with Crippen molar-refractivity contribution in [3.8, 4) is 0 Å². The van der Waals surface area contributed by atoms with Crippen LogP contribution in [0.4, 0.5) is 0 Å². The number of rotatable bonds is 5. The van der Waals surface area contributed by atoms with E-state index in [0.717, 1.165) is 5.56 Å². The average molecular weight is 248 g/mol. The first-order valence-electron chi connectivity index (χ1n) is 5.57. The van der Waals surface area contributed by atoms with Crippen LogP contribution in [0.1, 0.15) is 19.4 Å². The van der Waals surface area contributed by atoms with Gasteiger partial charge in [0.2, 0.25) is 0 Å². The summed E-state index contributed by atoms with van der Waals surface area (Å²) in [6.45, 7) is 6.58. The first-order valence-corrected chi connectivity index (χ1v) is 5.57. The molecule has 0 saturated heterocycles. The van der Waals surface area contributed by atoms with Crippen LogP contribution in [0, 0.1) is 0 Å². The summed E-state index contributed by atoms with van der Waals surface area (Å²) in [6.07, 6.45) is -0.932. The Bertz CT molecular complexity index is 436. The van der Waals surface area contributed by atoms with Crippen LogP contribution in [-0.2, 0) is 25.7 Å². The third-order valence-corrected chi connectivity index (χ3v) is 2.19. The molecule has 0 fully saturated rings. The van der Waals surface area contributed by atoms with Crippen LogP contribution in [0.5, 0.6) is 0 Å². The van der Waals surface area contributed by atoms with Gasteiger partial charge in [-0.1, -0.05) is 36.9 Å². The molecule has 0 heterocycles. The predicted molar refractivity (Wildman–Crippen MR) is 66.6 cm³/mol. The smallest absolute Gasteiger partial charge is 0.347 e. The monoisotopic (exact) mass is 248 g/mol. The van der Waals surface area contributed by atoms with E-state index in [-0.39, 0.29) is 12.2 Å². The summed E-state index contributed by atoms with van der Waals surface area (Å²) >= 11 is 0. The second-order valence-corrected chi connectivity index (χ2v) is 3.92.